The average molecular weight is 240 g/mol. The summed E-state index contributed by atoms with van der Waals surface area (Å²) >= 11 is 1.57. The Morgan fingerprint density at radius 3 is 2.69 bits per heavy atom. The number of nitrogens with zero attached hydrogens (tertiary/aromatic N) is 1. The van der Waals surface area contributed by atoms with E-state index in [1.54, 1.807) is 24.0 Å². The molecular formula is C10H16N4OS. The summed E-state index contributed by atoms with van der Waals surface area (Å²) in [5, 5.41) is 0.119. The second-order valence-corrected chi connectivity index (χ2v) is 4.99. The Morgan fingerprint density at radius 2 is 2.19 bits per heavy atom. The minimum absolute atomic E-state index is 0.119. The predicted molar refractivity (Wildman–Crippen MR) is 65.5 cm³/mol. The highest BCUT2D eigenvalue weighted by molar-refractivity contribution is 8.00. The number of pyridine rings is 1. The minimum atomic E-state index is -0.164. The van der Waals surface area contributed by atoms with Crippen molar-refractivity contribution in [1.29, 1.82) is 0 Å². The van der Waals surface area contributed by atoms with Gasteiger partial charge in [-0.15, -0.1) is 11.8 Å². The number of aromatic nitrogens is 1. The van der Waals surface area contributed by atoms with Gasteiger partial charge in [0.2, 0.25) is 5.91 Å². The van der Waals surface area contributed by atoms with E-state index in [1.807, 2.05) is 19.9 Å². The first-order valence-corrected chi connectivity index (χ1v) is 5.81. The maximum absolute atomic E-state index is 11.3. The molecule has 0 aromatic carbocycles. The highest BCUT2D eigenvalue weighted by Gasteiger charge is 2.20. The van der Waals surface area contributed by atoms with Crippen LogP contribution in [0.5, 0.6) is 0 Å². The molecule has 6 heteroatoms. The number of rotatable bonds is 4. The molecule has 5 nitrogen and oxygen atoms in total. The van der Waals surface area contributed by atoms with Crippen LogP contribution in [-0.2, 0) is 4.79 Å². The van der Waals surface area contributed by atoms with E-state index in [1.165, 1.54) is 0 Å². The maximum atomic E-state index is 11.3. The summed E-state index contributed by atoms with van der Waals surface area (Å²) in [6.07, 6.45) is 1.70. The van der Waals surface area contributed by atoms with Crippen molar-refractivity contribution in [2.24, 2.45) is 11.8 Å². The summed E-state index contributed by atoms with van der Waals surface area (Å²) in [7, 11) is 0. The zero-order chi connectivity index (χ0) is 12.1. The van der Waals surface area contributed by atoms with Crippen LogP contribution >= 0.6 is 11.8 Å². The van der Waals surface area contributed by atoms with Crippen molar-refractivity contribution in [1.82, 2.24) is 10.4 Å². The van der Waals surface area contributed by atoms with E-state index in [4.69, 9.17) is 11.6 Å². The molecule has 88 valence electrons. The molecule has 0 bridgehead atoms. The third kappa shape index (κ3) is 3.39. The summed E-state index contributed by atoms with van der Waals surface area (Å²) in [6, 6.07) is 3.62. The lowest BCUT2D eigenvalue weighted by Gasteiger charge is -2.17. The molecule has 0 saturated carbocycles. The monoisotopic (exact) mass is 240 g/mol. The number of thioether (sulfide) groups is 1. The number of carbonyl (C=O) groups excluding carboxylic acids is 1. The summed E-state index contributed by atoms with van der Waals surface area (Å²) in [6.45, 7) is 3.81. The number of hydrogen-bond acceptors (Lipinski definition) is 5. The van der Waals surface area contributed by atoms with Crippen LogP contribution < -0.4 is 17.0 Å². The van der Waals surface area contributed by atoms with Crippen LogP contribution in [0.25, 0.3) is 0 Å². The van der Waals surface area contributed by atoms with Crippen molar-refractivity contribution < 1.29 is 4.79 Å². The van der Waals surface area contributed by atoms with Gasteiger partial charge in [-0.3, -0.25) is 10.2 Å². The second-order valence-electron chi connectivity index (χ2n) is 3.54. The molecule has 1 aromatic rings. The van der Waals surface area contributed by atoms with Crippen molar-refractivity contribution in [3.05, 3.63) is 18.3 Å². The standard InChI is InChI=1S/C10H16N4OS/c1-6(10(15)14-12)7(2)16-8-3-4-9(11)13-5-8/h3-7H,12H2,1-2H3,(H2,11,13)(H,14,15). The van der Waals surface area contributed by atoms with Crippen LogP contribution in [0.4, 0.5) is 5.82 Å². The first kappa shape index (κ1) is 12.8. The largest absolute Gasteiger partial charge is 0.384 e. The smallest absolute Gasteiger partial charge is 0.237 e. The van der Waals surface area contributed by atoms with Crippen molar-refractivity contribution in [3.8, 4) is 0 Å². The minimum Gasteiger partial charge on any atom is -0.384 e. The summed E-state index contributed by atoms with van der Waals surface area (Å²) in [5.74, 6) is 5.25. The number of hydrazine groups is 1. The molecule has 1 rings (SSSR count). The molecule has 0 radical (unpaired) electrons. The Morgan fingerprint density at radius 1 is 1.50 bits per heavy atom. The van der Waals surface area contributed by atoms with Gasteiger partial charge < -0.3 is 5.73 Å². The fourth-order valence-electron chi connectivity index (χ4n) is 1.12. The number of nitrogens with one attached hydrogen (secondary N) is 1. The summed E-state index contributed by atoms with van der Waals surface area (Å²) in [5.41, 5.74) is 7.64. The van der Waals surface area contributed by atoms with E-state index < -0.39 is 0 Å². The molecule has 0 aliphatic carbocycles. The summed E-state index contributed by atoms with van der Waals surface area (Å²) < 4.78 is 0. The van der Waals surface area contributed by atoms with E-state index in [9.17, 15) is 4.79 Å². The molecule has 2 unspecified atom stereocenters. The number of carbonyl (C=O) groups is 1. The molecule has 16 heavy (non-hydrogen) atoms. The van der Waals surface area contributed by atoms with Crippen LogP contribution in [0, 0.1) is 5.92 Å². The Hall–Kier alpha value is -1.27. The average Bonchev–Trinajstić information content (AvgIpc) is 2.30. The molecule has 5 N–H and O–H groups in total. The number of anilines is 1. The van der Waals surface area contributed by atoms with Gasteiger partial charge in [-0.25, -0.2) is 10.8 Å². The van der Waals surface area contributed by atoms with E-state index in [0.29, 0.717) is 5.82 Å². The zero-order valence-electron chi connectivity index (χ0n) is 9.31. The van der Waals surface area contributed by atoms with Gasteiger partial charge in [0.05, 0.1) is 0 Å². The van der Waals surface area contributed by atoms with Crippen LogP contribution in [0.1, 0.15) is 13.8 Å². The lowest BCUT2D eigenvalue weighted by Crippen LogP contribution is -2.38. The van der Waals surface area contributed by atoms with Crippen molar-refractivity contribution in [2.45, 2.75) is 24.0 Å². The van der Waals surface area contributed by atoms with Crippen LogP contribution in [0.15, 0.2) is 23.2 Å². The van der Waals surface area contributed by atoms with Gasteiger partial charge in [-0.1, -0.05) is 13.8 Å². The van der Waals surface area contributed by atoms with Gasteiger partial charge in [0, 0.05) is 22.3 Å². The van der Waals surface area contributed by atoms with Gasteiger partial charge in [-0.2, -0.15) is 0 Å². The lowest BCUT2D eigenvalue weighted by atomic mass is 10.1. The summed E-state index contributed by atoms with van der Waals surface area (Å²) in [4.78, 5) is 16.3. The Labute approximate surface area is 99.0 Å². The molecule has 0 fully saturated rings. The number of amides is 1. The Balaban J connectivity index is 2.60. The van der Waals surface area contributed by atoms with Crippen LogP contribution in [0.3, 0.4) is 0 Å². The maximum Gasteiger partial charge on any atom is 0.237 e. The van der Waals surface area contributed by atoms with E-state index in [0.717, 1.165) is 4.90 Å². The number of nitrogen functional groups attached to an aromatic ring is 1. The van der Waals surface area contributed by atoms with Gasteiger partial charge in [0.25, 0.3) is 0 Å². The molecule has 0 aliphatic heterocycles. The normalized spacial score (nSPS) is 14.2. The molecule has 1 amide bonds. The fourth-order valence-corrected chi connectivity index (χ4v) is 2.14. The fraction of sp³-hybridized carbons (Fsp3) is 0.400. The Bertz CT molecular complexity index is 354. The molecule has 1 aromatic heterocycles. The molecule has 1 heterocycles. The zero-order valence-corrected chi connectivity index (χ0v) is 10.1. The van der Waals surface area contributed by atoms with Gasteiger partial charge >= 0.3 is 0 Å². The highest BCUT2D eigenvalue weighted by Crippen LogP contribution is 2.27. The van der Waals surface area contributed by atoms with E-state index >= 15 is 0 Å². The Kier molecular flexibility index (Phi) is 4.57. The number of hydrogen-bond donors (Lipinski definition) is 3. The highest BCUT2D eigenvalue weighted by atomic mass is 32.2. The van der Waals surface area contributed by atoms with E-state index in [-0.39, 0.29) is 17.1 Å². The van der Waals surface area contributed by atoms with Crippen molar-refractivity contribution in [3.63, 3.8) is 0 Å². The van der Waals surface area contributed by atoms with Crippen LogP contribution in [-0.4, -0.2) is 16.1 Å². The third-order valence-electron chi connectivity index (χ3n) is 2.34. The SMILES string of the molecule is CC(Sc1ccc(N)nc1)C(C)C(=O)NN. The van der Waals surface area contributed by atoms with Crippen LogP contribution in [0.2, 0.25) is 0 Å². The van der Waals surface area contributed by atoms with Crippen molar-refractivity contribution in [2.75, 3.05) is 5.73 Å². The molecule has 2 atom stereocenters. The first-order chi connectivity index (χ1) is 7.54. The molecule has 0 saturated heterocycles. The predicted octanol–water partition coefficient (Wildman–Crippen LogP) is 0.770. The second kappa shape index (κ2) is 5.72. The lowest BCUT2D eigenvalue weighted by molar-refractivity contribution is -0.124. The molecular weight excluding hydrogens is 224 g/mol. The topological polar surface area (TPSA) is 94.0 Å². The quantitative estimate of drug-likeness (QED) is 0.313. The van der Waals surface area contributed by atoms with E-state index in [2.05, 4.69) is 10.4 Å². The number of nitrogens with two attached hydrogens (primary N) is 2. The van der Waals surface area contributed by atoms with Gasteiger partial charge in [-0.05, 0) is 12.1 Å². The molecule has 0 aliphatic rings. The molecule has 0 spiro atoms. The van der Waals surface area contributed by atoms with Gasteiger partial charge in [0.1, 0.15) is 5.82 Å². The van der Waals surface area contributed by atoms with Gasteiger partial charge in [0.15, 0.2) is 0 Å². The van der Waals surface area contributed by atoms with Crippen molar-refractivity contribution >= 4 is 23.5 Å². The third-order valence-corrected chi connectivity index (χ3v) is 3.63. The first-order valence-electron chi connectivity index (χ1n) is 4.93.